The first kappa shape index (κ1) is 62.8. The normalized spacial score (nSPS) is 11.0. The molecule has 1 unspecified atom stereocenters. The van der Waals surface area contributed by atoms with Gasteiger partial charge in [-0.1, -0.05) is 118 Å². The van der Waals surface area contributed by atoms with Crippen molar-refractivity contribution >= 4 is 114 Å². The second kappa shape index (κ2) is 33.4. The van der Waals surface area contributed by atoms with E-state index in [1.54, 1.807) is 41.5 Å². The third kappa shape index (κ3) is 26.1. The molecule has 5 nitrogen and oxygen atoms in total. The van der Waals surface area contributed by atoms with E-state index in [-0.39, 0.29) is 12.4 Å². The molecule has 0 aromatic heterocycles. The average molecular weight is 1150 g/mol. The molecule has 1 atom stereocenters. The van der Waals surface area contributed by atoms with Crippen LogP contribution in [-0.2, 0) is 43.0 Å². The Morgan fingerprint density at radius 2 is 0.611 bits per heavy atom. The molecule has 380 valence electrons. The Kier molecular flexibility index (Phi) is 29.2. The van der Waals surface area contributed by atoms with Crippen LogP contribution < -0.4 is 0 Å². The third-order valence-corrected chi connectivity index (χ3v) is 17.7. The molecule has 2 N–H and O–H groups in total. The Labute approximate surface area is 465 Å². The van der Waals surface area contributed by atoms with Crippen LogP contribution in [0.2, 0.25) is 0 Å². The van der Waals surface area contributed by atoms with E-state index in [9.17, 15) is 4.21 Å². The molecule has 0 fully saturated rings. The number of aryl methyl sites for hydroxylation is 3. The van der Waals surface area contributed by atoms with Crippen molar-refractivity contribution in [2.45, 2.75) is 79.5 Å². The molecule has 8 aromatic carbocycles. The molecule has 0 bridgehead atoms. The smallest absolute Gasteiger partial charge is 0.264 e. The molecular formula is C57H63ClO5S9+2. The van der Waals surface area contributed by atoms with Crippen LogP contribution in [0.5, 0.6) is 0 Å². The van der Waals surface area contributed by atoms with Gasteiger partial charge in [0.25, 0.3) is 0 Å². The first-order valence-electron chi connectivity index (χ1n) is 21.9. The van der Waals surface area contributed by atoms with Crippen molar-refractivity contribution in [3.8, 4) is 0 Å². The summed E-state index contributed by atoms with van der Waals surface area (Å²) in [6, 6.07) is 70.6. The average Bonchev–Trinajstić information content (AvgIpc) is 3.35. The minimum Gasteiger partial charge on any atom is -0.264 e. The second-order valence-electron chi connectivity index (χ2n) is 15.8. The lowest BCUT2D eigenvalue weighted by Gasteiger charge is -2.03. The van der Waals surface area contributed by atoms with Crippen molar-refractivity contribution in [1.82, 2.24) is 0 Å². The van der Waals surface area contributed by atoms with Gasteiger partial charge in [0, 0.05) is 87.8 Å². The van der Waals surface area contributed by atoms with Crippen LogP contribution in [0.15, 0.2) is 259 Å². The maximum atomic E-state index is 11.2. The van der Waals surface area contributed by atoms with Crippen molar-refractivity contribution in [3.63, 3.8) is 0 Å². The maximum absolute atomic E-state index is 11.2. The van der Waals surface area contributed by atoms with E-state index < -0.39 is 21.2 Å². The Hall–Kier alpha value is -3.48. The van der Waals surface area contributed by atoms with E-state index in [0.717, 1.165) is 4.90 Å². The van der Waals surface area contributed by atoms with Crippen LogP contribution in [0.25, 0.3) is 0 Å². The summed E-state index contributed by atoms with van der Waals surface area (Å²) in [6.07, 6.45) is 12.8. The molecule has 72 heavy (non-hydrogen) atoms. The summed E-state index contributed by atoms with van der Waals surface area (Å²) in [5.74, 6) is 0. The van der Waals surface area contributed by atoms with Gasteiger partial charge < -0.3 is 0 Å². The zero-order chi connectivity index (χ0) is 51.8. The lowest BCUT2D eigenvalue weighted by Crippen LogP contribution is -1.94. The van der Waals surface area contributed by atoms with Gasteiger partial charge >= 0.3 is 10.4 Å². The summed E-state index contributed by atoms with van der Waals surface area (Å²) in [5, 5.41) is 0. The fourth-order valence-electron chi connectivity index (χ4n) is 5.75. The minimum absolute atomic E-state index is 0. The fraction of sp³-hybridized carbons (Fsp3) is 0.158. The molecule has 0 saturated carbocycles. The Balaban J connectivity index is 0.000000244. The zero-order valence-electron chi connectivity index (χ0n) is 41.8. The van der Waals surface area contributed by atoms with Gasteiger partial charge in [-0.15, -0.1) is 24.2 Å². The van der Waals surface area contributed by atoms with E-state index >= 15 is 0 Å². The summed E-state index contributed by atoms with van der Waals surface area (Å²) in [6.45, 7) is 6.35. The fourth-order valence-corrected chi connectivity index (χ4v) is 11.3. The quantitative estimate of drug-likeness (QED) is 0.0700. The molecule has 0 aliphatic rings. The van der Waals surface area contributed by atoms with Crippen molar-refractivity contribution in [1.29, 1.82) is 0 Å². The van der Waals surface area contributed by atoms with Crippen LogP contribution in [0, 0.1) is 20.8 Å². The number of rotatable bonds is 12. The van der Waals surface area contributed by atoms with Gasteiger partial charge in [0.05, 0.1) is 0 Å². The van der Waals surface area contributed by atoms with Gasteiger partial charge in [-0.2, -0.15) is 8.42 Å². The highest BCUT2D eigenvalue weighted by Gasteiger charge is 2.09. The largest absolute Gasteiger partial charge is 0.394 e. The SMILES string of the molecule is CS(=O)c1ccc(Sc2ccccc2)cc1.CSc1ccc(Sc2ccc(C)cc2)cc1.Cc1ccc(Sc2ccc([S+](C)C)cc2)cc1.Cc1ccc(Sc2ccc([S+](C)C)cc2)cc1.Cl.O=S(=O)(O)O. The van der Waals surface area contributed by atoms with Gasteiger partial charge in [-0.3, -0.25) is 13.3 Å². The minimum atomic E-state index is -4.67. The van der Waals surface area contributed by atoms with E-state index in [4.69, 9.17) is 17.5 Å². The summed E-state index contributed by atoms with van der Waals surface area (Å²) in [5.41, 5.74) is 3.93. The first-order valence-corrected chi connectivity index (χ1v) is 33.5. The topological polar surface area (TPSA) is 91.7 Å². The molecule has 0 heterocycles. The molecule has 8 rings (SSSR count). The maximum Gasteiger partial charge on any atom is 0.394 e. The molecule has 0 spiro atoms. The highest BCUT2D eigenvalue weighted by Crippen LogP contribution is 2.32. The van der Waals surface area contributed by atoms with E-state index in [0.29, 0.717) is 21.8 Å². The van der Waals surface area contributed by atoms with Gasteiger partial charge in [0.1, 0.15) is 25.0 Å². The molecule has 0 aliphatic carbocycles. The molecule has 0 saturated heterocycles. The summed E-state index contributed by atoms with van der Waals surface area (Å²) in [4.78, 5) is 15.2. The Bertz CT molecular complexity index is 2780. The Morgan fingerprint density at radius 3 is 0.861 bits per heavy atom. The van der Waals surface area contributed by atoms with Gasteiger partial charge in [0.15, 0.2) is 9.79 Å². The predicted octanol–water partition coefficient (Wildman–Crippen LogP) is 17.0. The molecule has 0 amide bonds. The summed E-state index contributed by atoms with van der Waals surface area (Å²) in [7, 11) is -4.85. The molecule has 0 radical (unpaired) electrons. The molecule has 8 aromatic rings. The van der Waals surface area contributed by atoms with Crippen molar-refractivity contribution in [2.24, 2.45) is 0 Å². The number of hydrogen-bond acceptors (Lipinski definition) is 8. The standard InChI is InChI=1S/2C15H17S2.C14H14S2.C13H12OS2.ClH.H2O4S/c2*1-12-4-6-13(7-5-12)16-14-8-10-15(11-9-14)17(2)3;1-11-3-5-13(6-4-11)16-14-9-7-12(15-2)8-10-14;1-16(14)13-9-7-12(8-10-13)15-11-5-3-2-4-6-11;;1-5(2,3)4/h2*4-11H,1-3H3;3-10H,1-2H3;2-10H,1H3;1H;(H2,1,2,3,4)/q2*+1;;;;. The van der Waals surface area contributed by atoms with Gasteiger partial charge in [0.2, 0.25) is 0 Å². The van der Waals surface area contributed by atoms with Crippen molar-refractivity contribution < 1.29 is 21.7 Å². The number of benzene rings is 8. The highest BCUT2D eigenvalue weighted by atomic mass is 35.5. The van der Waals surface area contributed by atoms with Gasteiger partial charge in [-0.05, 0) is 173 Å². The number of halogens is 1. The predicted molar refractivity (Wildman–Crippen MR) is 323 cm³/mol. The number of hydrogen-bond donors (Lipinski definition) is 2. The summed E-state index contributed by atoms with van der Waals surface area (Å²) < 4.78 is 42.8. The van der Waals surface area contributed by atoms with Crippen LogP contribution >= 0.6 is 71.2 Å². The summed E-state index contributed by atoms with van der Waals surface area (Å²) >= 11 is 8.93. The monoisotopic (exact) mass is 1150 g/mol. The lowest BCUT2D eigenvalue weighted by molar-refractivity contribution is 0.381. The second-order valence-corrected chi connectivity index (χ2v) is 27.7. The Morgan fingerprint density at radius 1 is 0.389 bits per heavy atom. The van der Waals surface area contributed by atoms with Crippen LogP contribution in [-0.4, -0.2) is 59.3 Å². The lowest BCUT2D eigenvalue weighted by atomic mass is 10.2. The van der Waals surface area contributed by atoms with Crippen LogP contribution in [0.1, 0.15) is 16.7 Å². The third-order valence-electron chi connectivity index (χ3n) is 9.55. The molecule has 15 heteroatoms. The highest BCUT2D eigenvalue weighted by molar-refractivity contribution is 8.00. The van der Waals surface area contributed by atoms with E-state index in [2.05, 4.69) is 210 Å². The van der Waals surface area contributed by atoms with E-state index in [1.807, 2.05) is 66.0 Å². The van der Waals surface area contributed by atoms with Crippen LogP contribution in [0.4, 0.5) is 0 Å². The number of thioether (sulfide) groups is 1. The first-order chi connectivity index (χ1) is 33.8. The van der Waals surface area contributed by atoms with Gasteiger partial charge in [-0.25, -0.2) is 0 Å². The zero-order valence-corrected chi connectivity index (χ0v) is 49.9. The molecule has 0 aliphatic heterocycles. The van der Waals surface area contributed by atoms with Crippen molar-refractivity contribution in [2.75, 3.05) is 37.5 Å². The van der Waals surface area contributed by atoms with E-state index in [1.165, 1.54) is 70.5 Å². The molecular weight excluding hydrogens is 1090 g/mol. The van der Waals surface area contributed by atoms with Crippen LogP contribution in [0.3, 0.4) is 0 Å². The van der Waals surface area contributed by atoms with Crippen molar-refractivity contribution in [3.05, 3.63) is 217 Å².